The van der Waals surface area contributed by atoms with Gasteiger partial charge in [0, 0.05) is 10.9 Å². The molecule has 2 N–H and O–H groups in total. The highest BCUT2D eigenvalue weighted by atomic mass is 14.8. The summed E-state index contributed by atoms with van der Waals surface area (Å²) in [7, 11) is 0. The van der Waals surface area contributed by atoms with Gasteiger partial charge in [0.05, 0.1) is 5.52 Å². The van der Waals surface area contributed by atoms with Gasteiger partial charge in [-0.25, -0.2) is 4.98 Å². The van der Waals surface area contributed by atoms with Crippen molar-refractivity contribution in [2.75, 3.05) is 5.73 Å². The minimum atomic E-state index is 0.579. The first-order valence-corrected chi connectivity index (χ1v) is 5.55. The lowest BCUT2D eigenvalue weighted by atomic mass is 10.0. The lowest BCUT2D eigenvalue weighted by molar-refractivity contribution is 1.41. The number of pyridine rings is 1. The molecule has 2 nitrogen and oxygen atoms in total. The third-order valence-electron chi connectivity index (χ3n) is 2.84. The molecule has 0 aliphatic heterocycles. The van der Waals surface area contributed by atoms with Crippen molar-refractivity contribution in [2.45, 2.75) is 0 Å². The zero-order chi connectivity index (χ0) is 11.7. The van der Waals surface area contributed by atoms with Gasteiger partial charge < -0.3 is 5.73 Å². The lowest BCUT2D eigenvalue weighted by Gasteiger charge is -2.07. The van der Waals surface area contributed by atoms with Gasteiger partial charge in [-0.15, -0.1) is 0 Å². The van der Waals surface area contributed by atoms with Crippen molar-refractivity contribution in [2.24, 2.45) is 0 Å². The molecule has 2 heteroatoms. The lowest BCUT2D eigenvalue weighted by Crippen LogP contribution is -1.94. The molecule has 0 aliphatic rings. The summed E-state index contributed by atoms with van der Waals surface area (Å²) < 4.78 is 0. The second-order valence-corrected chi connectivity index (χ2v) is 3.98. The van der Waals surface area contributed by atoms with Crippen molar-refractivity contribution in [1.82, 2.24) is 4.98 Å². The fourth-order valence-corrected chi connectivity index (χ4v) is 1.98. The van der Waals surface area contributed by atoms with E-state index in [1.807, 2.05) is 54.6 Å². The van der Waals surface area contributed by atoms with E-state index in [2.05, 4.69) is 11.1 Å². The van der Waals surface area contributed by atoms with Gasteiger partial charge in [0.25, 0.3) is 0 Å². The van der Waals surface area contributed by atoms with Crippen molar-refractivity contribution in [3.05, 3.63) is 60.7 Å². The second kappa shape index (κ2) is 3.91. The van der Waals surface area contributed by atoms with Crippen LogP contribution < -0.4 is 5.73 Å². The van der Waals surface area contributed by atoms with E-state index >= 15 is 0 Å². The number of benzene rings is 2. The average Bonchev–Trinajstić information content (AvgIpc) is 2.39. The molecule has 0 radical (unpaired) electrons. The highest BCUT2D eigenvalue weighted by Crippen LogP contribution is 2.27. The van der Waals surface area contributed by atoms with Gasteiger partial charge in [-0.2, -0.15) is 0 Å². The second-order valence-electron chi connectivity index (χ2n) is 3.98. The molecule has 1 heterocycles. The molecule has 2 aromatic carbocycles. The molecule has 0 unspecified atom stereocenters. The molecule has 0 aliphatic carbocycles. The first-order valence-electron chi connectivity index (χ1n) is 5.55. The van der Waals surface area contributed by atoms with Gasteiger partial charge in [-0.3, -0.25) is 0 Å². The van der Waals surface area contributed by atoms with Crippen LogP contribution in [0.25, 0.3) is 22.0 Å². The molecule has 17 heavy (non-hydrogen) atoms. The molecule has 3 rings (SSSR count). The Morgan fingerprint density at radius 2 is 1.53 bits per heavy atom. The van der Waals surface area contributed by atoms with E-state index in [0.29, 0.717) is 5.82 Å². The van der Waals surface area contributed by atoms with Gasteiger partial charge in [-0.1, -0.05) is 48.5 Å². The Bertz CT molecular complexity index is 660. The summed E-state index contributed by atoms with van der Waals surface area (Å²) in [5.41, 5.74) is 9.03. The topological polar surface area (TPSA) is 38.9 Å². The van der Waals surface area contributed by atoms with Gasteiger partial charge in [-0.05, 0) is 17.7 Å². The molecule has 0 atom stereocenters. The molecule has 1 aromatic heterocycles. The third-order valence-corrected chi connectivity index (χ3v) is 2.84. The van der Waals surface area contributed by atoms with Gasteiger partial charge in [0.1, 0.15) is 5.82 Å². The van der Waals surface area contributed by atoms with Crippen molar-refractivity contribution < 1.29 is 0 Å². The molecule has 0 saturated heterocycles. The number of para-hydroxylation sites is 1. The van der Waals surface area contributed by atoms with E-state index in [4.69, 9.17) is 5.73 Å². The Balaban J connectivity index is 2.27. The Morgan fingerprint density at radius 3 is 2.35 bits per heavy atom. The smallest absolute Gasteiger partial charge is 0.131 e. The van der Waals surface area contributed by atoms with Crippen LogP contribution >= 0.6 is 0 Å². The monoisotopic (exact) mass is 220 g/mol. The highest BCUT2D eigenvalue weighted by molar-refractivity contribution is 5.88. The van der Waals surface area contributed by atoms with Crippen LogP contribution in [-0.4, -0.2) is 4.98 Å². The fourth-order valence-electron chi connectivity index (χ4n) is 1.98. The summed E-state index contributed by atoms with van der Waals surface area (Å²) in [4.78, 5) is 4.43. The quantitative estimate of drug-likeness (QED) is 0.681. The number of hydrogen-bond acceptors (Lipinski definition) is 2. The molecule has 82 valence electrons. The molecule has 3 aromatic rings. The summed E-state index contributed by atoms with van der Waals surface area (Å²) in [6.45, 7) is 0. The number of hydrogen-bond donors (Lipinski definition) is 1. The molecule has 0 fully saturated rings. The SMILES string of the molecule is Nc1nc2ccccc2cc1-c1ccccc1. The third kappa shape index (κ3) is 1.74. The van der Waals surface area contributed by atoms with Crippen LogP contribution in [0.1, 0.15) is 0 Å². The standard InChI is InChI=1S/C15H12N2/c16-15-13(11-6-2-1-3-7-11)10-12-8-4-5-9-14(12)17-15/h1-10H,(H2,16,17). The van der Waals surface area contributed by atoms with E-state index in [1.54, 1.807) is 0 Å². The zero-order valence-electron chi connectivity index (χ0n) is 9.30. The predicted octanol–water partition coefficient (Wildman–Crippen LogP) is 3.48. The number of nitrogen functional groups attached to an aromatic ring is 1. The zero-order valence-corrected chi connectivity index (χ0v) is 9.30. The molecule has 0 amide bonds. The summed E-state index contributed by atoms with van der Waals surface area (Å²) in [6.07, 6.45) is 0. The normalized spacial score (nSPS) is 10.6. The molecular formula is C15H12N2. The maximum atomic E-state index is 6.01. The van der Waals surface area contributed by atoms with E-state index in [-0.39, 0.29) is 0 Å². The minimum Gasteiger partial charge on any atom is -0.383 e. The summed E-state index contributed by atoms with van der Waals surface area (Å²) in [6, 6.07) is 20.2. The summed E-state index contributed by atoms with van der Waals surface area (Å²) in [5.74, 6) is 0.579. The Hall–Kier alpha value is -2.35. The van der Waals surface area contributed by atoms with Crippen LogP contribution in [0.2, 0.25) is 0 Å². The van der Waals surface area contributed by atoms with E-state index in [9.17, 15) is 0 Å². The van der Waals surface area contributed by atoms with Crippen LogP contribution in [0.4, 0.5) is 5.82 Å². The van der Waals surface area contributed by atoms with Crippen molar-refractivity contribution in [3.8, 4) is 11.1 Å². The number of nitrogens with zero attached hydrogens (tertiary/aromatic N) is 1. The average molecular weight is 220 g/mol. The Morgan fingerprint density at radius 1 is 0.824 bits per heavy atom. The van der Waals surface area contributed by atoms with Crippen molar-refractivity contribution >= 4 is 16.7 Å². The number of rotatable bonds is 1. The van der Waals surface area contributed by atoms with Crippen LogP contribution in [0.15, 0.2) is 60.7 Å². The number of fused-ring (bicyclic) bond motifs is 1. The molecule has 0 bridgehead atoms. The van der Waals surface area contributed by atoms with Crippen LogP contribution in [-0.2, 0) is 0 Å². The van der Waals surface area contributed by atoms with E-state index < -0.39 is 0 Å². The first-order chi connectivity index (χ1) is 8.34. The van der Waals surface area contributed by atoms with Crippen LogP contribution in [0, 0.1) is 0 Å². The van der Waals surface area contributed by atoms with E-state index in [1.165, 1.54) is 0 Å². The number of nitrogens with two attached hydrogens (primary N) is 1. The molecular weight excluding hydrogens is 208 g/mol. The van der Waals surface area contributed by atoms with Crippen LogP contribution in [0.3, 0.4) is 0 Å². The van der Waals surface area contributed by atoms with Crippen LogP contribution in [0.5, 0.6) is 0 Å². The van der Waals surface area contributed by atoms with Gasteiger partial charge in [0.15, 0.2) is 0 Å². The highest BCUT2D eigenvalue weighted by Gasteiger charge is 2.05. The Labute approximate surface area is 99.7 Å². The number of anilines is 1. The first kappa shape index (κ1) is 9.85. The summed E-state index contributed by atoms with van der Waals surface area (Å²) in [5, 5.41) is 1.11. The van der Waals surface area contributed by atoms with E-state index in [0.717, 1.165) is 22.0 Å². The minimum absolute atomic E-state index is 0.579. The van der Waals surface area contributed by atoms with Crippen molar-refractivity contribution in [3.63, 3.8) is 0 Å². The molecule has 0 spiro atoms. The van der Waals surface area contributed by atoms with Gasteiger partial charge in [0.2, 0.25) is 0 Å². The Kier molecular flexibility index (Phi) is 2.26. The predicted molar refractivity (Wildman–Crippen MR) is 71.6 cm³/mol. The largest absolute Gasteiger partial charge is 0.383 e. The summed E-state index contributed by atoms with van der Waals surface area (Å²) >= 11 is 0. The maximum absolute atomic E-state index is 6.01. The maximum Gasteiger partial charge on any atom is 0.131 e. The molecule has 0 saturated carbocycles. The fraction of sp³-hybridized carbons (Fsp3) is 0. The van der Waals surface area contributed by atoms with Gasteiger partial charge >= 0.3 is 0 Å². The van der Waals surface area contributed by atoms with Crippen molar-refractivity contribution in [1.29, 1.82) is 0 Å². The number of aromatic nitrogens is 1.